The van der Waals surface area contributed by atoms with Gasteiger partial charge in [-0.3, -0.25) is 4.79 Å². The highest BCUT2D eigenvalue weighted by atomic mass is 32.2. The van der Waals surface area contributed by atoms with E-state index in [0.717, 1.165) is 23.5 Å². The van der Waals surface area contributed by atoms with E-state index in [9.17, 15) is 4.79 Å². The van der Waals surface area contributed by atoms with Crippen molar-refractivity contribution in [3.8, 4) is 0 Å². The molecule has 1 aromatic rings. The number of piperidine rings is 1. The van der Waals surface area contributed by atoms with E-state index in [-0.39, 0.29) is 5.91 Å². The fourth-order valence-corrected chi connectivity index (χ4v) is 3.41. The normalized spacial score (nSPS) is 24.1. The smallest absolute Gasteiger partial charge is 0.255 e. The molecule has 1 heterocycles. The maximum atomic E-state index is 12.6. The molecular weight excluding hydrogens is 242 g/mol. The Kier molecular flexibility index (Phi) is 4.33. The lowest BCUT2D eigenvalue weighted by Crippen LogP contribution is -2.42. The van der Waals surface area contributed by atoms with E-state index in [2.05, 4.69) is 13.8 Å². The largest absolute Gasteiger partial charge is 0.338 e. The van der Waals surface area contributed by atoms with Crippen molar-refractivity contribution in [2.24, 2.45) is 11.8 Å². The summed E-state index contributed by atoms with van der Waals surface area (Å²) < 4.78 is 0. The van der Waals surface area contributed by atoms with Crippen molar-refractivity contribution in [3.63, 3.8) is 0 Å². The Balaban J connectivity index is 2.20. The Morgan fingerprint density at radius 1 is 1.22 bits per heavy atom. The molecule has 98 valence electrons. The Hall–Kier alpha value is -0.960. The van der Waals surface area contributed by atoms with Crippen molar-refractivity contribution in [1.82, 2.24) is 4.90 Å². The van der Waals surface area contributed by atoms with Crippen molar-refractivity contribution in [1.29, 1.82) is 0 Å². The van der Waals surface area contributed by atoms with Crippen molar-refractivity contribution in [2.45, 2.75) is 25.2 Å². The first-order valence-electron chi connectivity index (χ1n) is 6.54. The molecule has 0 aromatic heterocycles. The van der Waals surface area contributed by atoms with E-state index in [0.29, 0.717) is 11.8 Å². The van der Waals surface area contributed by atoms with Gasteiger partial charge in [0.2, 0.25) is 0 Å². The number of hydrogen-bond donors (Lipinski definition) is 0. The predicted molar refractivity (Wildman–Crippen MR) is 77.1 cm³/mol. The summed E-state index contributed by atoms with van der Waals surface area (Å²) in [6.45, 7) is 6.25. The molecule has 0 radical (unpaired) electrons. The maximum Gasteiger partial charge on any atom is 0.255 e. The Bertz CT molecular complexity index is 422. The molecule has 3 heteroatoms. The van der Waals surface area contributed by atoms with Crippen LogP contribution < -0.4 is 0 Å². The van der Waals surface area contributed by atoms with E-state index in [4.69, 9.17) is 0 Å². The average molecular weight is 263 g/mol. The molecule has 1 saturated heterocycles. The Morgan fingerprint density at radius 3 is 2.44 bits per heavy atom. The van der Waals surface area contributed by atoms with Crippen LogP contribution in [-0.4, -0.2) is 30.2 Å². The molecule has 0 unspecified atom stereocenters. The number of carbonyl (C=O) groups is 1. The van der Waals surface area contributed by atoms with Crippen LogP contribution >= 0.6 is 11.8 Å². The van der Waals surface area contributed by atoms with E-state index in [1.54, 1.807) is 11.8 Å². The standard InChI is InChI=1S/C15H21NOS/c1-11-8-12(2)10-16(9-11)15(17)13-6-4-5-7-14(13)18-3/h4-7,11-12H,8-10H2,1-3H3/t11-,12+. The third-order valence-electron chi connectivity index (χ3n) is 3.49. The Labute approximate surface area is 114 Å². The highest BCUT2D eigenvalue weighted by Gasteiger charge is 2.26. The van der Waals surface area contributed by atoms with Crippen LogP contribution in [0.5, 0.6) is 0 Å². The fraction of sp³-hybridized carbons (Fsp3) is 0.533. The molecule has 0 N–H and O–H groups in total. The lowest BCUT2D eigenvalue weighted by molar-refractivity contribution is 0.0619. The Morgan fingerprint density at radius 2 is 1.83 bits per heavy atom. The molecular formula is C15H21NOS. The zero-order valence-electron chi connectivity index (χ0n) is 11.3. The van der Waals surface area contributed by atoms with E-state index in [1.165, 1.54) is 6.42 Å². The third kappa shape index (κ3) is 2.89. The molecule has 1 fully saturated rings. The fourth-order valence-electron chi connectivity index (χ4n) is 2.82. The first-order valence-corrected chi connectivity index (χ1v) is 7.76. The summed E-state index contributed by atoms with van der Waals surface area (Å²) >= 11 is 1.64. The van der Waals surface area contributed by atoms with Crippen LogP contribution in [0.25, 0.3) is 0 Å². The highest BCUT2D eigenvalue weighted by Crippen LogP contribution is 2.26. The molecule has 0 bridgehead atoms. The van der Waals surface area contributed by atoms with Crippen LogP contribution in [0.15, 0.2) is 29.2 Å². The van der Waals surface area contributed by atoms with Crippen molar-refractivity contribution < 1.29 is 4.79 Å². The molecule has 1 aliphatic rings. The van der Waals surface area contributed by atoms with Crippen LogP contribution in [0.3, 0.4) is 0 Å². The van der Waals surface area contributed by atoms with Gasteiger partial charge in [0.05, 0.1) is 5.56 Å². The molecule has 1 amide bonds. The van der Waals surface area contributed by atoms with Crippen molar-refractivity contribution in [2.75, 3.05) is 19.3 Å². The minimum Gasteiger partial charge on any atom is -0.338 e. The number of thioether (sulfide) groups is 1. The monoisotopic (exact) mass is 263 g/mol. The molecule has 2 rings (SSSR count). The first-order chi connectivity index (χ1) is 8.61. The summed E-state index contributed by atoms with van der Waals surface area (Å²) in [5, 5.41) is 0. The molecule has 0 aliphatic carbocycles. The average Bonchev–Trinajstić information content (AvgIpc) is 2.36. The molecule has 18 heavy (non-hydrogen) atoms. The minimum absolute atomic E-state index is 0.193. The minimum atomic E-state index is 0.193. The van der Waals surface area contributed by atoms with Gasteiger partial charge in [0, 0.05) is 18.0 Å². The van der Waals surface area contributed by atoms with Gasteiger partial charge in [0.25, 0.3) is 5.91 Å². The highest BCUT2D eigenvalue weighted by molar-refractivity contribution is 7.98. The number of nitrogens with zero attached hydrogens (tertiary/aromatic N) is 1. The number of benzene rings is 1. The summed E-state index contributed by atoms with van der Waals surface area (Å²) in [5.41, 5.74) is 0.853. The summed E-state index contributed by atoms with van der Waals surface area (Å²) in [7, 11) is 0. The van der Waals surface area contributed by atoms with Crippen LogP contribution in [0.2, 0.25) is 0 Å². The van der Waals surface area contributed by atoms with Gasteiger partial charge < -0.3 is 4.90 Å². The topological polar surface area (TPSA) is 20.3 Å². The van der Waals surface area contributed by atoms with Crippen LogP contribution in [0.4, 0.5) is 0 Å². The van der Waals surface area contributed by atoms with Gasteiger partial charge in [-0.25, -0.2) is 0 Å². The lowest BCUT2D eigenvalue weighted by Gasteiger charge is -2.35. The molecule has 1 aliphatic heterocycles. The van der Waals surface area contributed by atoms with Gasteiger partial charge in [-0.1, -0.05) is 26.0 Å². The van der Waals surface area contributed by atoms with E-state index >= 15 is 0 Å². The van der Waals surface area contributed by atoms with Crippen LogP contribution in [0, 0.1) is 11.8 Å². The van der Waals surface area contributed by atoms with Crippen molar-refractivity contribution >= 4 is 17.7 Å². The van der Waals surface area contributed by atoms with Gasteiger partial charge in [-0.2, -0.15) is 0 Å². The summed E-state index contributed by atoms with van der Waals surface area (Å²) in [5.74, 6) is 1.41. The van der Waals surface area contributed by atoms with Gasteiger partial charge in [-0.15, -0.1) is 11.8 Å². The second-order valence-electron chi connectivity index (χ2n) is 5.36. The van der Waals surface area contributed by atoms with Gasteiger partial charge in [-0.05, 0) is 36.6 Å². The maximum absolute atomic E-state index is 12.6. The first kappa shape index (κ1) is 13.5. The SMILES string of the molecule is CSc1ccccc1C(=O)N1C[C@H](C)C[C@H](C)C1. The van der Waals surface area contributed by atoms with Crippen LogP contribution in [-0.2, 0) is 0 Å². The van der Waals surface area contributed by atoms with Crippen molar-refractivity contribution in [3.05, 3.63) is 29.8 Å². The quantitative estimate of drug-likeness (QED) is 0.761. The molecule has 0 spiro atoms. The zero-order chi connectivity index (χ0) is 13.1. The molecule has 2 nitrogen and oxygen atoms in total. The second-order valence-corrected chi connectivity index (χ2v) is 6.20. The number of likely N-dealkylation sites (tertiary alicyclic amines) is 1. The van der Waals surface area contributed by atoms with E-state index in [1.807, 2.05) is 35.4 Å². The molecule has 0 saturated carbocycles. The summed E-state index contributed by atoms with van der Waals surface area (Å²) in [6.07, 6.45) is 3.25. The number of hydrogen-bond acceptors (Lipinski definition) is 2. The van der Waals surface area contributed by atoms with Crippen LogP contribution in [0.1, 0.15) is 30.6 Å². The van der Waals surface area contributed by atoms with Gasteiger partial charge in [0.15, 0.2) is 0 Å². The molecule has 1 aromatic carbocycles. The second kappa shape index (κ2) is 5.79. The summed E-state index contributed by atoms with van der Waals surface area (Å²) in [6, 6.07) is 7.90. The molecule has 2 atom stereocenters. The number of rotatable bonds is 2. The zero-order valence-corrected chi connectivity index (χ0v) is 12.2. The van der Waals surface area contributed by atoms with E-state index < -0.39 is 0 Å². The lowest BCUT2D eigenvalue weighted by atomic mass is 9.91. The summed E-state index contributed by atoms with van der Waals surface area (Å²) in [4.78, 5) is 15.7. The predicted octanol–water partition coefficient (Wildman–Crippen LogP) is 3.53. The van der Waals surface area contributed by atoms with Gasteiger partial charge >= 0.3 is 0 Å². The van der Waals surface area contributed by atoms with Gasteiger partial charge in [0.1, 0.15) is 0 Å². The third-order valence-corrected chi connectivity index (χ3v) is 4.29. The number of carbonyl (C=O) groups excluding carboxylic acids is 1. The number of amides is 1.